The molecule has 2 N–H and O–H groups in total. The number of amides is 1. The highest BCUT2D eigenvalue weighted by Crippen LogP contribution is 2.27. The summed E-state index contributed by atoms with van der Waals surface area (Å²) in [6.07, 6.45) is 0.342. The summed E-state index contributed by atoms with van der Waals surface area (Å²) in [5.41, 5.74) is 2.34. The van der Waals surface area contributed by atoms with Crippen LogP contribution in [0.1, 0.15) is 21.5 Å². The standard InChI is InChI=1S/C24H25FN2O5S/c1-16-5-4-6-19(13-16)27-24(28)18-8-9-20(25)23(15-18)33(29,30)26-12-11-17-7-10-21(31-2)22(14-17)32-3/h4-10,13-15,26H,11-12H2,1-3H3,(H,27,28). The van der Waals surface area contributed by atoms with E-state index in [1.165, 1.54) is 20.3 Å². The number of hydrogen-bond acceptors (Lipinski definition) is 5. The molecule has 0 aliphatic heterocycles. The molecule has 0 aliphatic carbocycles. The van der Waals surface area contributed by atoms with Crippen LogP contribution in [0.3, 0.4) is 0 Å². The van der Waals surface area contributed by atoms with E-state index in [1.54, 1.807) is 36.4 Å². The number of carbonyl (C=O) groups is 1. The van der Waals surface area contributed by atoms with Gasteiger partial charge in [-0.2, -0.15) is 0 Å². The minimum Gasteiger partial charge on any atom is -0.493 e. The molecule has 33 heavy (non-hydrogen) atoms. The van der Waals surface area contributed by atoms with Gasteiger partial charge in [0.1, 0.15) is 10.7 Å². The minimum absolute atomic E-state index is 0.0248. The van der Waals surface area contributed by atoms with Crippen molar-refractivity contribution in [1.29, 1.82) is 0 Å². The quantitative estimate of drug-likeness (QED) is 0.492. The molecule has 3 aromatic rings. The average molecular weight is 473 g/mol. The number of anilines is 1. The SMILES string of the molecule is COc1ccc(CCNS(=O)(=O)c2cc(C(=O)Nc3cccc(C)c3)ccc2F)cc1OC. The number of nitrogens with one attached hydrogen (secondary N) is 2. The molecule has 0 fully saturated rings. The maximum absolute atomic E-state index is 14.4. The predicted octanol–water partition coefficient (Wildman–Crippen LogP) is 3.92. The van der Waals surface area contributed by atoms with E-state index in [4.69, 9.17) is 9.47 Å². The van der Waals surface area contributed by atoms with E-state index in [0.717, 1.165) is 23.3 Å². The molecule has 0 radical (unpaired) electrons. The van der Waals surface area contributed by atoms with E-state index in [-0.39, 0.29) is 12.1 Å². The summed E-state index contributed by atoms with van der Waals surface area (Å²) in [5.74, 6) is -0.399. The summed E-state index contributed by atoms with van der Waals surface area (Å²) in [6, 6.07) is 15.6. The highest BCUT2D eigenvalue weighted by molar-refractivity contribution is 7.89. The monoisotopic (exact) mass is 472 g/mol. The third-order valence-electron chi connectivity index (χ3n) is 4.91. The van der Waals surface area contributed by atoms with Crippen LogP contribution in [-0.4, -0.2) is 35.1 Å². The summed E-state index contributed by atoms with van der Waals surface area (Å²) in [6.45, 7) is 1.91. The van der Waals surface area contributed by atoms with Crippen molar-refractivity contribution in [1.82, 2.24) is 4.72 Å². The summed E-state index contributed by atoms with van der Waals surface area (Å²) < 4.78 is 52.6. The third kappa shape index (κ3) is 6.09. The lowest BCUT2D eigenvalue weighted by Gasteiger charge is -2.12. The Bertz CT molecular complexity index is 1260. The second-order valence-corrected chi connectivity index (χ2v) is 9.04. The van der Waals surface area contributed by atoms with Crippen molar-refractivity contribution in [3.63, 3.8) is 0 Å². The topological polar surface area (TPSA) is 93.7 Å². The van der Waals surface area contributed by atoms with Gasteiger partial charge >= 0.3 is 0 Å². The van der Waals surface area contributed by atoms with Crippen LogP contribution in [0.25, 0.3) is 0 Å². The number of benzene rings is 3. The van der Waals surface area contributed by atoms with Crippen molar-refractivity contribution in [2.45, 2.75) is 18.2 Å². The molecule has 174 valence electrons. The van der Waals surface area contributed by atoms with Crippen molar-refractivity contribution in [2.24, 2.45) is 0 Å². The molecule has 3 rings (SSSR count). The first-order valence-corrected chi connectivity index (χ1v) is 11.6. The molecule has 0 spiro atoms. The van der Waals surface area contributed by atoms with Gasteiger partial charge in [0, 0.05) is 17.8 Å². The van der Waals surface area contributed by atoms with E-state index >= 15 is 0 Å². The Morgan fingerprint density at radius 1 is 0.970 bits per heavy atom. The van der Waals surface area contributed by atoms with Gasteiger partial charge < -0.3 is 14.8 Å². The van der Waals surface area contributed by atoms with Gasteiger partial charge in [0.25, 0.3) is 5.91 Å². The van der Waals surface area contributed by atoms with Gasteiger partial charge in [-0.1, -0.05) is 18.2 Å². The number of ether oxygens (including phenoxy) is 2. The molecular weight excluding hydrogens is 447 g/mol. The first-order valence-electron chi connectivity index (χ1n) is 10.1. The molecule has 0 saturated carbocycles. The number of halogens is 1. The van der Waals surface area contributed by atoms with Gasteiger partial charge in [-0.25, -0.2) is 17.5 Å². The summed E-state index contributed by atoms with van der Waals surface area (Å²) in [4.78, 5) is 12.0. The van der Waals surface area contributed by atoms with Crippen LogP contribution in [0.4, 0.5) is 10.1 Å². The van der Waals surface area contributed by atoms with Crippen LogP contribution in [0.2, 0.25) is 0 Å². The van der Waals surface area contributed by atoms with Gasteiger partial charge in [-0.15, -0.1) is 0 Å². The Kier molecular flexibility index (Phi) is 7.67. The second-order valence-electron chi connectivity index (χ2n) is 7.31. The molecule has 0 saturated heterocycles. The Labute approximate surface area is 192 Å². The van der Waals surface area contributed by atoms with Crippen molar-refractivity contribution < 1.29 is 27.1 Å². The highest BCUT2D eigenvalue weighted by Gasteiger charge is 2.21. The van der Waals surface area contributed by atoms with Crippen LogP contribution < -0.4 is 19.5 Å². The molecule has 0 unspecified atom stereocenters. The highest BCUT2D eigenvalue weighted by atomic mass is 32.2. The van der Waals surface area contributed by atoms with E-state index < -0.39 is 26.6 Å². The second kappa shape index (κ2) is 10.5. The zero-order valence-corrected chi connectivity index (χ0v) is 19.3. The Morgan fingerprint density at radius 2 is 1.73 bits per heavy atom. The van der Waals surface area contributed by atoms with Crippen molar-refractivity contribution in [3.8, 4) is 11.5 Å². The number of hydrogen-bond donors (Lipinski definition) is 2. The van der Waals surface area contributed by atoms with Gasteiger partial charge in [0.05, 0.1) is 14.2 Å². The lowest BCUT2D eigenvalue weighted by Crippen LogP contribution is -2.27. The van der Waals surface area contributed by atoms with Gasteiger partial charge in [0.2, 0.25) is 10.0 Å². The predicted molar refractivity (Wildman–Crippen MR) is 124 cm³/mol. The number of rotatable bonds is 9. The molecule has 0 atom stereocenters. The fraction of sp³-hybridized carbons (Fsp3) is 0.208. The molecule has 3 aromatic carbocycles. The van der Waals surface area contributed by atoms with Crippen LogP contribution >= 0.6 is 0 Å². The first kappa shape index (κ1) is 24.2. The molecule has 0 heterocycles. The van der Waals surface area contributed by atoms with Crippen molar-refractivity contribution in [3.05, 3.63) is 83.2 Å². The zero-order valence-electron chi connectivity index (χ0n) is 18.5. The van der Waals surface area contributed by atoms with E-state index in [2.05, 4.69) is 10.0 Å². The Balaban J connectivity index is 1.71. The third-order valence-corrected chi connectivity index (χ3v) is 6.39. The van der Waals surface area contributed by atoms with Gasteiger partial charge in [-0.3, -0.25) is 4.79 Å². The van der Waals surface area contributed by atoms with Gasteiger partial charge in [0.15, 0.2) is 11.5 Å². The number of sulfonamides is 1. The fourth-order valence-corrected chi connectivity index (χ4v) is 4.35. The average Bonchev–Trinajstić information content (AvgIpc) is 2.79. The Hall–Kier alpha value is -3.43. The van der Waals surface area contributed by atoms with E-state index in [9.17, 15) is 17.6 Å². The smallest absolute Gasteiger partial charge is 0.255 e. The van der Waals surface area contributed by atoms with Crippen LogP contribution in [0.5, 0.6) is 11.5 Å². The maximum atomic E-state index is 14.4. The lowest BCUT2D eigenvalue weighted by molar-refractivity contribution is 0.102. The van der Waals surface area contributed by atoms with Crippen LogP contribution in [0, 0.1) is 12.7 Å². The van der Waals surface area contributed by atoms with Gasteiger partial charge in [-0.05, 0) is 66.9 Å². The molecule has 0 aliphatic rings. The van der Waals surface area contributed by atoms with E-state index in [1.807, 2.05) is 13.0 Å². The summed E-state index contributed by atoms with van der Waals surface area (Å²) in [5, 5.41) is 2.68. The molecule has 9 heteroatoms. The number of methoxy groups -OCH3 is 2. The van der Waals surface area contributed by atoms with Crippen molar-refractivity contribution in [2.75, 3.05) is 26.1 Å². The van der Waals surface area contributed by atoms with Crippen LogP contribution in [0.15, 0.2) is 65.6 Å². The number of aryl methyl sites for hydroxylation is 1. The largest absolute Gasteiger partial charge is 0.493 e. The Morgan fingerprint density at radius 3 is 2.42 bits per heavy atom. The fourth-order valence-electron chi connectivity index (χ4n) is 3.22. The summed E-state index contributed by atoms with van der Waals surface area (Å²) >= 11 is 0. The first-order chi connectivity index (χ1) is 15.7. The molecule has 0 bridgehead atoms. The summed E-state index contributed by atoms with van der Waals surface area (Å²) in [7, 11) is -1.15. The number of carbonyl (C=O) groups excluding carboxylic acids is 1. The molecular formula is C24H25FN2O5S. The maximum Gasteiger partial charge on any atom is 0.255 e. The van der Waals surface area contributed by atoms with Crippen LogP contribution in [-0.2, 0) is 16.4 Å². The van der Waals surface area contributed by atoms with E-state index in [0.29, 0.717) is 23.6 Å². The lowest BCUT2D eigenvalue weighted by atomic mass is 10.1. The van der Waals surface area contributed by atoms with Crippen molar-refractivity contribution >= 4 is 21.6 Å². The normalized spacial score (nSPS) is 11.2. The molecule has 1 amide bonds. The molecule has 7 nitrogen and oxygen atoms in total. The minimum atomic E-state index is -4.19. The molecule has 0 aromatic heterocycles. The zero-order chi connectivity index (χ0) is 24.0.